The van der Waals surface area contributed by atoms with Crippen molar-refractivity contribution in [2.75, 3.05) is 5.01 Å². The van der Waals surface area contributed by atoms with Gasteiger partial charge in [0.1, 0.15) is 17.1 Å². The normalized spacial score (nSPS) is 15.7. The minimum absolute atomic E-state index is 0.00962. The third-order valence-electron chi connectivity index (χ3n) is 4.53. The molecule has 2 heterocycles. The molecule has 2 amide bonds. The van der Waals surface area contributed by atoms with Crippen molar-refractivity contribution < 1.29 is 22.4 Å². The first-order chi connectivity index (χ1) is 14.2. The van der Waals surface area contributed by atoms with E-state index in [0.29, 0.717) is 22.8 Å². The summed E-state index contributed by atoms with van der Waals surface area (Å²) in [4.78, 5) is 25.0. The van der Waals surface area contributed by atoms with Gasteiger partial charge >= 0.3 is 0 Å². The summed E-state index contributed by atoms with van der Waals surface area (Å²) in [5, 5.41) is 6.29. The van der Waals surface area contributed by atoms with Crippen LogP contribution in [-0.4, -0.2) is 20.2 Å². The molecule has 0 atom stereocenters. The highest BCUT2D eigenvalue weighted by atomic mass is 32.2. The fourth-order valence-corrected chi connectivity index (χ4v) is 3.56. The van der Waals surface area contributed by atoms with Crippen molar-refractivity contribution in [2.45, 2.75) is 11.8 Å². The van der Waals surface area contributed by atoms with Crippen molar-refractivity contribution in [3.05, 3.63) is 77.6 Å². The van der Waals surface area contributed by atoms with Crippen LogP contribution in [0.2, 0.25) is 0 Å². The lowest BCUT2D eigenvalue weighted by Gasteiger charge is -2.14. The third-order valence-corrected chi connectivity index (χ3v) is 5.46. The van der Waals surface area contributed by atoms with E-state index in [2.05, 4.69) is 5.43 Å². The monoisotopic (exact) mass is 423 g/mol. The molecule has 152 valence electrons. The Labute approximate surface area is 172 Å². The summed E-state index contributed by atoms with van der Waals surface area (Å²) in [7, 11) is -3.78. The van der Waals surface area contributed by atoms with E-state index >= 15 is 0 Å². The maximum Gasteiger partial charge on any atom is 0.282 e. The molecule has 3 N–H and O–H groups in total. The van der Waals surface area contributed by atoms with E-state index in [9.17, 15) is 18.0 Å². The first-order valence-corrected chi connectivity index (χ1v) is 10.4. The number of furan rings is 1. The van der Waals surface area contributed by atoms with Crippen LogP contribution in [0.5, 0.6) is 0 Å². The molecular formula is C21H17N3O5S. The smallest absolute Gasteiger partial charge is 0.282 e. The molecule has 0 radical (unpaired) electrons. The number of rotatable bonds is 4. The first kappa shape index (κ1) is 19.6. The summed E-state index contributed by atoms with van der Waals surface area (Å²) in [6.07, 6.45) is 1.37. The largest absolute Gasteiger partial charge is 0.457 e. The number of hydrazine groups is 1. The number of aryl methyl sites for hydroxylation is 1. The number of sulfonamides is 1. The molecule has 2 aromatic carbocycles. The Morgan fingerprint density at radius 2 is 1.77 bits per heavy atom. The van der Waals surface area contributed by atoms with Crippen LogP contribution in [0.1, 0.15) is 11.3 Å². The van der Waals surface area contributed by atoms with Gasteiger partial charge < -0.3 is 4.42 Å². The second-order valence-electron chi connectivity index (χ2n) is 6.75. The third kappa shape index (κ3) is 3.76. The average molecular weight is 423 g/mol. The topological polar surface area (TPSA) is 123 Å². The van der Waals surface area contributed by atoms with Crippen molar-refractivity contribution >= 4 is 33.6 Å². The molecule has 3 aromatic rings. The molecule has 1 aliphatic rings. The summed E-state index contributed by atoms with van der Waals surface area (Å²) >= 11 is 0. The van der Waals surface area contributed by atoms with Crippen LogP contribution in [0, 0.1) is 6.92 Å². The van der Waals surface area contributed by atoms with E-state index in [1.165, 1.54) is 23.2 Å². The minimum atomic E-state index is -3.78. The molecule has 1 aromatic heterocycles. The molecule has 4 rings (SSSR count). The van der Waals surface area contributed by atoms with Gasteiger partial charge in [-0.3, -0.25) is 15.0 Å². The Balaban J connectivity index is 1.59. The standard InChI is InChI=1S/C21H17N3O5S/c1-13-3-2-4-15(11-13)24-21(26)18(20(25)23-24)12-16-7-10-19(29-16)14-5-8-17(9-6-14)30(22,27)28/h2-12H,1H3,(H,23,25)(H2,22,27,28). The second-order valence-corrected chi connectivity index (χ2v) is 8.31. The Hall–Kier alpha value is -3.69. The van der Waals surface area contributed by atoms with E-state index in [4.69, 9.17) is 9.56 Å². The molecule has 0 unspecified atom stereocenters. The summed E-state index contributed by atoms with van der Waals surface area (Å²) < 4.78 is 28.4. The molecule has 8 nitrogen and oxygen atoms in total. The van der Waals surface area contributed by atoms with Crippen molar-refractivity contribution in [3.8, 4) is 11.3 Å². The summed E-state index contributed by atoms with van der Waals surface area (Å²) in [5.74, 6) is -0.257. The quantitative estimate of drug-likeness (QED) is 0.493. The molecule has 30 heavy (non-hydrogen) atoms. The van der Waals surface area contributed by atoms with Crippen LogP contribution in [0.15, 0.2) is 75.5 Å². The number of nitrogens with one attached hydrogen (secondary N) is 1. The number of amides is 2. The van der Waals surface area contributed by atoms with Gasteiger partial charge in [0.05, 0.1) is 10.6 Å². The Morgan fingerprint density at radius 3 is 2.43 bits per heavy atom. The number of nitrogens with two attached hydrogens (primary N) is 1. The number of primary sulfonamides is 1. The molecule has 1 fully saturated rings. The van der Waals surface area contributed by atoms with Crippen molar-refractivity contribution in [3.63, 3.8) is 0 Å². The van der Waals surface area contributed by atoms with Gasteiger partial charge in [0.2, 0.25) is 10.0 Å². The Morgan fingerprint density at radius 1 is 1.03 bits per heavy atom. The SMILES string of the molecule is Cc1cccc(N2NC(=O)C(=Cc3ccc(-c4ccc(S(N)(=O)=O)cc4)o3)C2=O)c1. The number of carbonyl (C=O) groups excluding carboxylic acids is 2. The van der Waals surface area contributed by atoms with Crippen molar-refractivity contribution in [1.82, 2.24) is 5.43 Å². The summed E-state index contributed by atoms with van der Waals surface area (Å²) in [5.41, 5.74) is 4.63. The predicted octanol–water partition coefficient (Wildman–Crippen LogP) is 2.36. The van der Waals surface area contributed by atoms with Gasteiger partial charge in [-0.25, -0.2) is 18.6 Å². The zero-order valence-electron chi connectivity index (χ0n) is 15.8. The zero-order chi connectivity index (χ0) is 21.5. The van der Waals surface area contributed by atoms with Crippen LogP contribution in [0.25, 0.3) is 17.4 Å². The van der Waals surface area contributed by atoms with Gasteiger partial charge in [0.25, 0.3) is 11.8 Å². The maximum absolute atomic E-state index is 12.7. The number of anilines is 1. The molecule has 9 heteroatoms. The molecule has 1 aliphatic heterocycles. The van der Waals surface area contributed by atoms with E-state index in [1.54, 1.807) is 42.5 Å². The lowest BCUT2D eigenvalue weighted by atomic mass is 10.2. The van der Waals surface area contributed by atoms with Crippen LogP contribution < -0.4 is 15.6 Å². The highest BCUT2D eigenvalue weighted by Gasteiger charge is 2.34. The van der Waals surface area contributed by atoms with Gasteiger partial charge in [-0.05, 0) is 67.1 Å². The number of carbonyl (C=O) groups is 2. The Kier molecular flexibility index (Phi) is 4.76. The number of hydrogen-bond acceptors (Lipinski definition) is 5. The van der Waals surface area contributed by atoms with Crippen molar-refractivity contribution in [2.24, 2.45) is 5.14 Å². The van der Waals surface area contributed by atoms with Gasteiger partial charge in [0.15, 0.2) is 0 Å². The van der Waals surface area contributed by atoms with Crippen LogP contribution in [-0.2, 0) is 19.6 Å². The number of nitrogens with zero attached hydrogens (tertiary/aromatic N) is 1. The lowest BCUT2D eigenvalue weighted by molar-refractivity contribution is -0.117. The van der Waals surface area contributed by atoms with Gasteiger partial charge in [0, 0.05) is 5.56 Å². The minimum Gasteiger partial charge on any atom is -0.457 e. The predicted molar refractivity (Wildman–Crippen MR) is 110 cm³/mol. The second kappa shape index (κ2) is 7.29. The molecule has 1 saturated heterocycles. The number of hydrogen-bond donors (Lipinski definition) is 2. The molecular weight excluding hydrogens is 406 g/mol. The molecule has 0 saturated carbocycles. The van der Waals surface area contributed by atoms with E-state index in [-0.39, 0.29) is 10.5 Å². The van der Waals surface area contributed by atoms with Gasteiger partial charge in [-0.1, -0.05) is 12.1 Å². The van der Waals surface area contributed by atoms with E-state index < -0.39 is 21.8 Å². The summed E-state index contributed by atoms with van der Waals surface area (Å²) in [6.45, 7) is 1.89. The first-order valence-electron chi connectivity index (χ1n) is 8.89. The van der Waals surface area contributed by atoms with Crippen LogP contribution in [0.4, 0.5) is 5.69 Å². The highest BCUT2D eigenvalue weighted by Crippen LogP contribution is 2.26. The van der Waals surface area contributed by atoms with Gasteiger partial charge in [-0.2, -0.15) is 0 Å². The molecule has 0 spiro atoms. The van der Waals surface area contributed by atoms with Gasteiger partial charge in [-0.15, -0.1) is 0 Å². The van der Waals surface area contributed by atoms with Crippen molar-refractivity contribution in [1.29, 1.82) is 0 Å². The molecule has 0 aliphatic carbocycles. The lowest BCUT2D eigenvalue weighted by Crippen LogP contribution is -2.35. The maximum atomic E-state index is 12.7. The van der Waals surface area contributed by atoms with Crippen LogP contribution in [0.3, 0.4) is 0 Å². The zero-order valence-corrected chi connectivity index (χ0v) is 16.6. The fraction of sp³-hybridized carbons (Fsp3) is 0.0476. The van der Waals surface area contributed by atoms with E-state index in [0.717, 1.165) is 5.56 Å². The fourth-order valence-electron chi connectivity index (χ4n) is 3.04. The Bertz CT molecular complexity index is 1290. The van der Waals surface area contributed by atoms with Crippen LogP contribution >= 0.6 is 0 Å². The average Bonchev–Trinajstić information content (AvgIpc) is 3.28. The summed E-state index contributed by atoms with van der Waals surface area (Å²) in [6, 6.07) is 16.3. The molecule has 0 bridgehead atoms. The van der Waals surface area contributed by atoms with E-state index in [1.807, 2.05) is 13.0 Å². The highest BCUT2D eigenvalue weighted by molar-refractivity contribution is 7.89. The number of benzene rings is 2.